The first-order chi connectivity index (χ1) is 23.0. The van der Waals surface area contributed by atoms with E-state index < -0.39 is 36.1 Å². The van der Waals surface area contributed by atoms with Gasteiger partial charge in [0.05, 0.1) is 33.8 Å². The normalized spacial score (nSPS) is 27.1. The van der Waals surface area contributed by atoms with Crippen LogP contribution in [0.4, 0.5) is 24.5 Å². The highest BCUT2D eigenvalue weighted by atomic mass is 35.5. The number of benzene rings is 3. The number of alkyl halides is 3. The Bertz CT molecular complexity index is 2030. The van der Waals surface area contributed by atoms with Gasteiger partial charge in [0.15, 0.2) is 6.61 Å². The summed E-state index contributed by atoms with van der Waals surface area (Å²) in [5, 5.41) is 3.51. The molecule has 8 rings (SSSR count). The van der Waals surface area contributed by atoms with Crippen molar-refractivity contribution in [3.05, 3.63) is 103 Å². The molecule has 3 aromatic carbocycles. The zero-order valence-corrected chi connectivity index (χ0v) is 27.1. The fraction of sp³-hybridized carbons (Fsp3) is 0.294. The van der Waals surface area contributed by atoms with Crippen LogP contribution in [0.25, 0.3) is 0 Å². The standard InChI is InChI=1S/C34H25ClF3N3O5S2/c35-16-8-10-17(11-9-16)41-31(43)26-19-13-20(27(26)32(41)44)28-25(19)24(29-30(47-28)40-33(45)48-29)15-4-3-5-18(12-15)46-14-23(42)39-22-7-2-1-6-21(22)34(36,37)38/h1-12,19-20,24-28H,13-14H2,(H,39,42)(H,40,45)/t19-,20-,24+,25-,26+,27+,28-/m1/s1. The van der Waals surface area contributed by atoms with E-state index in [2.05, 4.69) is 10.3 Å². The first-order valence-corrected chi connectivity index (χ1v) is 17.3. The van der Waals surface area contributed by atoms with Gasteiger partial charge in [0, 0.05) is 21.1 Å². The molecule has 3 heterocycles. The number of H-pyrrole nitrogens is 1. The van der Waals surface area contributed by atoms with E-state index in [1.165, 1.54) is 23.1 Å². The van der Waals surface area contributed by atoms with Gasteiger partial charge in [0.1, 0.15) is 5.75 Å². The Kier molecular flexibility index (Phi) is 7.49. The average molecular weight is 712 g/mol. The molecule has 2 aliphatic heterocycles. The van der Waals surface area contributed by atoms with Crippen LogP contribution < -0.4 is 19.8 Å². The van der Waals surface area contributed by atoms with Crippen molar-refractivity contribution >= 4 is 63.8 Å². The number of hydrogen-bond donors (Lipinski definition) is 2. The van der Waals surface area contributed by atoms with E-state index in [1.807, 2.05) is 6.07 Å². The number of aromatic nitrogens is 1. The fourth-order valence-electron chi connectivity index (χ4n) is 8.21. The van der Waals surface area contributed by atoms with Crippen LogP contribution >= 0.6 is 34.7 Å². The summed E-state index contributed by atoms with van der Waals surface area (Å²) in [7, 11) is 0. The van der Waals surface area contributed by atoms with E-state index in [9.17, 15) is 32.3 Å². The topological polar surface area (TPSA) is 109 Å². The number of anilines is 2. The second kappa shape index (κ2) is 11.5. The molecule has 7 atom stereocenters. The van der Waals surface area contributed by atoms with Crippen LogP contribution in [0.5, 0.6) is 5.75 Å². The Labute approximate surface area is 284 Å². The van der Waals surface area contributed by atoms with Crippen molar-refractivity contribution in [3.8, 4) is 5.75 Å². The SMILES string of the molecule is O=C(COc1cccc([C@@H]2c3sc(=O)[nH]c3S[C@@H]3[C@@H]4C[C@@H]([C@@H]5C(=O)N(c6ccc(Cl)cc6)C(=O)[C@@H]45)[C@H]23)c1)Nc1ccccc1C(F)(F)F. The summed E-state index contributed by atoms with van der Waals surface area (Å²) >= 11 is 8.76. The largest absolute Gasteiger partial charge is 0.484 e. The van der Waals surface area contributed by atoms with Gasteiger partial charge in [-0.15, -0.1) is 11.8 Å². The molecule has 2 bridgehead atoms. The van der Waals surface area contributed by atoms with Gasteiger partial charge in [-0.1, -0.05) is 47.2 Å². The number of carbonyl (C=O) groups excluding carboxylic acids is 3. The maximum Gasteiger partial charge on any atom is 0.418 e. The Morgan fingerprint density at radius 2 is 1.71 bits per heavy atom. The molecule has 1 saturated heterocycles. The van der Waals surface area contributed by atoms with Gasteiger partial charge < -0.3 is 15.0 Å². The van der Waals surface area contributed by atoms with Gasteiger partial charge in [-0.05, 0) is 78.3 Å². The molecule has 4 aliphatic rings. The number of halogens is 4. The van der Waals surface area contributed by atoms with E-state index in [0.29, 0.717) is 16.5 Å². The lowest BCUT2D eigenvalue weighted by atomic mass is 9.68. The third-order valence-corrected chi connectivity index (χ3v) is 12.7. The number of para-hydroxylation sites is 1. The van der Waals surface area contributed by atoms with Crippen LogP contribution in [0.3, 0.4) is 0 Å². The van der Waals surface area contributed by atoms with Gasteiger partial charge in [0.25, 0.3) is 5.91 Å². The molecule has 3 amide bonds. The van der Waals surface area contributed by atoms with Crippen LogP contribution in [-0.2, 0) is 20.6 Å². The zero-order chi connectivity index (χ0) is 33.5. The molecule has 3 fully saturated rings. The van der Waals surface area contributed by atoms with Crippen molar-refractivity contribution in [1.82, 2.24) is 4.98 Å². The third-order valence-electron chi connectivity index (χ3n) is 9.90. The Balaban J connectivity index is 1.07. The number of imide groups is 1. The van der Waals surface area contributed by atoms with Gasteiger partial charge in [-0.25, -0.2) is 0 Å². The molecular weight excluding hydrogens is 687 g/mol. The van der Waals surface area contributed by atoms with E-state index in [4.69, 9.17) is 16.3 Å². The number of aromatic amines is 1. The summed E-state index contributed by atoms with van der Waals surface area (Å²) in [5.74, 6) is -2.29. The second-order valence-electron chi connectivity index (χ2n) is 12.4. The molecule has 2 aliphatic carbocycles. The zero-order valence-electron chi connectivity index (χ0n) is 24.7. The van der Waals surface area contributed by atoms with Crippen molar-refractivity contribution in [2.45, 2.75) is 28.8 Å². The van der Waals surface area contributed by atoms with Gasteiger partial charge >= 0.3 is 11.0 Å². The van der Waals surface area contributed by atoms with E-state index in [1.54, 1.807) is 54.2 Å². The predicted octanol–water partition coefficient (Wildman–Crippen LogP) is 6.80. The number of rotatable bonds is 6. The predicted molar refractivity (Wildman–Crippen MR) is 174 cm³/mol. The highest BCUT2D eigenvalue weighted by Crippen LogP contribution is 2.68. The van der Waals surface area contributed by atoms with E-state index in [0.717, 1.165) is 39.3 Å². The molecule has 48 heavy (non-hydrogen) atoms. The van der Waals surface area contributed by atoms with Gasteiger partial charge in [0.2, 0.25) is 11.8 Å². The van der Waals surface area contributed by atoms with Crippen LogP contribution in [0, 0.1) is 29.6 Å². The van der Waals surface area contributed by atoms with Crippen LogP contribution in [0.15, 0.2) is 82.6 Å². The lowest BCUT2D eigenvalue weighted by Crippen LogP contribution is -2.42. The molecule has 2 saturated carbocycles. The summed E-state index contributed by atoms with van der Waals surface area (Å²) in [6, 6.07) is 18.5. The number of amides is 3. The lowest BCUT2D eigenvalue weighted by Gasteiger charge is -2.43. The molecular formula is C34H25ClF3N3O5S2. The third kappa shape index (κ3) is 5.05. The minimum atomic E-state index is -4.64. The summed E-state index contributed by atoms with van der Waals surface area (Å²) in [6.45, 7) is -0.531. The Morgan fingerprint density at radius 3 is 2.46 bits per heavy atom. The summed E-state index contributed by atoms with van der Waals surface area (Å²) in [4.78, 5) is 57.9. The average Bonchev–Trinajstić information content (AvgIpc) is 3.79. The van der Waals surface area contributed by atoms with E-state index in [-0.39, 0.29) is 51.3 Å². The molecule has 0 unspecified atom stereocenters. The highest BCUT2D eigenvalue weighted by Gasteiger charge is 2.69. The number of thiazole rings is 1. The summed E-state index contributed by atoms with van der Waals surface area (Å²) in [6.07, 6.45) is -3.92. The molecule has 8 nitrogen and oxygen atoms in total. The minimum absolute atomic E-state index is 0.0232. The van der Waals surface area contributed by atoms with Crippen LogP contribution in [0.1, 0.15) is 28.3 Å². The smallest absolute Gasteiger partial charge is 0.418 e. The quantitative estimate of drug-likeness (QED) is 0.213. The molecule has 0 radical (unpaired) electrons. The van der Waals surface area contributed by atoms with Crippen molar-refractivity contribution in [2.75, 3.05) is 16.8 Å². The van der Waals surface area contributed by atoms with Gasteiger partial charge in [-0.2, -0.15) is 13.2 Å². The minimum Gasteiger partial charge on any atom is -0.484 e. The molecule has 14 heteroatoms. The van der Waals surface area contributed by atoms with Crippen molar-refractivity contribution in [1.29, 1.82) is 0 Å². The number of nitrogens with zero attached hydrogens (tertiary/aromatic N) is 1. The number of thioether (sulfide) groups is 1. The lowest BCUT2D eigenvalue weighted by molar-refractivity contribution is -0.137. The summed E-state index contributed by atoms with van der Waals surface area (Å²) in [5.41, 5.74) is -0.0116. The van der Waals surface area contributed by atoms with Crippen molar-refractivity contribution in [2.24, 2.45) is 29.6 Å². The molecule has 1 aromatic heterocycles. The second-order valence-corrected chi connectivity index (χ2v) is 15.0. The number of hydrogen-bond acceptors (Lipinski definition) is 7. The van der Waals surface area contributed by atoms with Crippen LogP contribution in [0.2, 0.25) is 5.02 Å². The van der Waals surface area contributed by atoms with E-state index >= 15 is 0 Å². The first kappa shape index (κ1) is 31.2. The number of carbonyl (C=O) groups is 3. The van der Waals surface area contributed by atoms with Crippen LogP contribution in [-0.4, -0.2) is 34.6 Å². The number of nitrogens with one attached hydrogen (secondary N) is 2. The fourth-order valence-corrected chi connectivity index (χ4v) is 11.2. The monoisotopic (exact) mass is 711 g/mol. The number of ether oxygens (including phenoxy) is 1. The first-order valence-electron chi connectivity index (χ1n) is 15.2. The maximum absolute atomic E-state index is 13.9. The number of fused-ring (bicyclic) bond motifs is 9. The molecule has 2 N–H and O–H groups in total. The Morgan fingerprint density at radius 1 is 0.979 bits per heavy atom. The Hall–Kier alpha value is -4.07. The summed E-state index contributed by atoms with van der Waals surface area (Å²) < 4.78 is 46.0. The molecule has 246 valence electrons. The van der Waals surface area contributed by atoms with Gasteiger partial charge in [-0.3, -0.25) is 24.1 Å². The maximum atomic E-state index is 13.9. The molecule has 0 spiro atoms. The molecule has 4 aromatic rings. The van der Waals surface area contributed by atoms with Crippen molar-refractivity contribution in [3.63, 3.8) is 0 Å². The highest BCUT2D eigenvalue weighted by molar-refractivity contribution is 8.00. The van der Waals surface area contributed by atoms with Crippen molar-refractivity contribution < 1.29 is 32.3 Å².